The minimum atomic E-state index is 0. The lowest BCUT2D eigenvalue weighted by atomic mass is 9.99. The number of fused-ring (bicyclic) bond motifs is 4. The molecular weight excluding hydrogens is 904 g/mol. The highest BCUT2D eigenvalue weighted by atomic mass is 35.5. The van der Waals surface area contributed by atoms with Gasteiger partial charge in [-0.15, -0.1) is 0 Å². The van der Waals surface area contributed by atoms with Gasteiger partial charge in [0.25, 0.3) is 0 Å². The lowest BCUT2D eigenvalue weighted by molar-refractivity contribution is -0.001000. The smallest absolute Gasteiger partial charge is 0.0467 e. The van der Waals surface area contributed by atoms with Crippen LogP contribution < -0.4 is 67.3 Å². The van der Waals surface area contributed by atoms with Gasteiger partial charge in [0.15, 0.2) is 0 Å². The average Bonchev–Trinajstić information content (AvgIpc) is 3.34. The molecule has 0 radical (unpaired) electrons. The Balaban J connectivity index is 0.000000254. The third-order valence-electron chi connectivity index (χ3n) is 14.8. The molecule has 8 N–H and O–H groups in total. The molecule has 10 heteroatoms. The number of hydrogen-bond acceptors (Lipinski definition) is 8. The molecule has 8 nitrogen and oxygen atoms in total. The molecule has 70 heavy (non-hydrogen) atoms. The van der Waals surface area contributed by atoms with Gasteiger partial charge in [-0.1, -0.05) is 150 Å². The fraction of sp³-hybridized carbons (Fsp3) is 0.467. The molecule has 4 aliphatic heterocycles. The van der Waals surface area contributed by atoms with Crippen molar-refractivity contribution in [2.75, 3.05) is 45.8 Å². The van der Waals surface area contributed by atoms with Crippen LogP contribution in [0, 0.1) is 0 Å². The quantitative estimate of drug-likeness (QED) is 0.0620. The maximum absolute atomic E-state index is 6.24. The van der Waals surface area contributed by atoms with E-state index < -0.39 is 0 Å². The molecule has 0 saturated carbocycles. The Hall–Kier alpha value is -5.18. The summed E-state index contributed by atoms with van der Waals surface area (Å²) in [5, 5.41) is 0. The Kier molecular flexibility index (Phi) is 22.3. The fourth-order valence-corrected chi connectivity index (χ4v) is 11.1. The Morgan fingerprint density at radius 1 is 0.286 bits per heavy atom. The third kappa shape index (κ3) is 14.5. The topological polar surface area (TPSA) is 117 Å². The number of nitrogens with two attached hydrogens (primary N) is 4. The molecule has 4 aromatic rings. The van der Waals surface area contributed by atoms with Crippen LogP contribution in [-0.2, 0) is 0 Å². The molecular formula is C60H84Cl2N8-2. The van der Waals surface area contributed by atoms with Crippen LogP contribution in [0.5, 0.6) is 0 Å². The van der Waals surface area contributed by atoms with Crippen LogP contribution in [0.15, 0.2) is 121 Å². The first kappa shape index (κ1) is 55.7. The van der Waals surface area contributed by atoms with Crippen molar-refractivity contribution in [3.63, 3.8) is 0 Å². The van der Waals surface area contributed by atoms with Crippen LogP contribution in [0.2, 0.25) is 0 Å². The zero-order valence-electron chi connectivity index (χ0n) is 42.9. The van der Waals surface area contributed by atoms with Crippen molar-refractivity contribution in [1.29, 1.82) is 0 Å². The van der Waals surface area contributed by atoms with Crippen LogP contribution >= 0.6 is 0 Å². The van der Waals surface area contributed by atoms with Crippen molar-refractivity contribution in [2.24, 2.45) is 22.9 Å². The summed E-state index contributed by atoms with van der Waals surface area (Å²) < 4.78 is 0. The molecule has 4 atom stereocenters. The van der Waals surface area contributed by atoms with E-state index in [4.69, 9.17) is 22.9 Å². The number of rotatable bonds is 22. The SMILES string of the molecule is CC1C=C(N)c2ccccc2N1CCCCCCCCCCN1c2ccccc2C(N)=CC1C.CC1C=C(N)c2ccccc2N1CCCCCCCCCCN1c2ccccc2C(N)=CC1C.[Cl-].[Cl-]. The zero-order chi connectivity index (χ0) is 47.8. The highest BCUT2D eigenvalue weighted by Gasteiger charge is 2.25. The first-order valence-electron chi connectivity index (χ1n) is 26.5. The fourth-order valence-electron chi connectivity index (χ4n) is 11.1. The molecule has 8 rings (SSSR count). The van der Waals surface area contributed by atoms with Crippen molar-refractivity contribution in [3.8, 4) is 0 Å². The predicted molar refractivity (Wildman–Crippen MR) is 296 cm³/mol. The Labute approximate surface area is 435 Å². The van der Waals surface area contributed by atoms with Gasteiger partial charge in [0.05, 0.1) is 0 Å². The van der Waals surface area contributed by atoms with E-state index >= 15 is 0 Å². The van der Waals surface area contributed by atoms with Crippen molar-refractivity contribution < 1.29 is 24.8 Å². The van der Waals surface area contributed by atoms with Crippen molar-refractivity contribution in [2.45, 2.75) is 155 Å². The second kappa shape index (κ2) is 28.0. The summed E-state index contributed by atoms with van der Waals surface area (Å²) in [6, 6.07) is 35.6. The van der Waals surface area contributed by atoms with Gasteiger partial charge >= 0.3 is 0 Å². The summed E-state index contributed by atoms with van der Waals surface area (Å²) in [6.07, 6.45) is 29.7. The first-order valence-corrected chi connectivity index (χ1v) is 26.5. The van der Waals surface area contributed by atoms with E-state index in [0.29, 0.717) is 24.2 Å². The standard InChI is InChI=1S/2C30H42N4.2ClH/c2*1-23-21-27(31)25-15-9-11-17-29(25)33(23)19-13-7-5-3-4-6-8-14-20-34-24(2)22-28(32)26-16-10-12-18-30(26)34;;/h2*9-12,15-18,21-24H,3-8,13-14,19-20,31-32H2,1-2H3;2*1H/p-2. The summed E-state index contributed by atoms with van der Waals surface area (Å²) in [4.78, 5) is 10.0. The average molecular weight is 988 g/mol. The number of para-hydroxylation sites is 4. The molecule has 4 aromatic carbocycles. The van der Waals surface area contributed by atoms with Gasteiger partial charge in [0, 0.05) is 118 Å². The Morgan fingerprint density at radius 3 is 0.657 bits per heavy atom. The number of nitrogens with zero attached hydrogens (tertiary/aromatic N) is 4. The third-order valence-corrected chi connectivity index (χ3v) is 14.8. The number of unbranched alkanes of at least 4 members (excludes halogenated alkanes) is 14. The summed E-state index contributed by atoms with van der Waals surface area (Å²) in [5.74, 6) is 0. The number of benzene rings is 4. The van der Waals surface area contributed by atoms with Gasteiger partial charge < -0.3 is 67.3 Å². The van der Waals surface area contributed by atoms with Crippen LogP contribution in [0.4, 0.5) is 22.7 Å². The van der Waals surface area contributed by atoms with Crippen LogP contribution in [-0.4, -0.2) is 50.3 Å². The first-order chi connectivity index (χ1) is 33.1. The molecule has 380 valence electrons. The van der Waals surface area contributed by atoms with E-state index in [-0.39, 0.29) is 24.8 Å². The summed E-state index contributed by atoms with van der Waals surface area (Å²) in [7, 11) is 0. The molecule has 0 saturated heterocycles. The van der Waals surface area contributed by atoms with Gasteiger partial charge in [-0.2, -0.15) is 0 Å². The summed E-state index contributed by atoms with van der Waals surface area (Å²) in [5.41, 5.74) is 38.5. The molecule has 0 aromatic heterocycles. The van der Waals surface area contributed by atoms with E-state index in [1.54, 1.807) is 0 Å². The predicted octanol–water partition coefficient (Wildman–Crippen LogP) is 7.06. The zero-order valence-corrected chi connectivity index (χ0v) is 44.4. The maximum atomic E-state index is 6.24. The second-order valence-corrected chi connectivity index (χ2v) is 19.9. The normalized spacial score (nSPS) is 18.8. The van der Waals surface area contributed by atoms with Gasteiger partial charge in [-0.05, 0) is 102 Å². The summed E-state index contributed by atoms with van der Waals surface area (Å²) in [6.45, 7) is 13.4. The Morgan fingerprint density at radius 2 is 0.457 bits per heavy atom. The maximum Gasteiger partial charge on any atom is 0.0467 e. The highest BCUT2D eigenvalue weighted by Crippen LogP contribution is 2.35. The lowest BCUT2D eigenvalue weighted by Gasteiger charge is -2.35. The molecule has 4 unspecified atom stereocenters. The number of hydrogen-bond donors (Lipinski definition) is 4. The minimum Gasteiger partial charge on any atom is -1.00 e. The molecule has 0 spiro atoms. The molecule has 4 aliphatic rings. The summed E-state index contributed by atoms with van der Waals surface area (Å²) >= 11 is 0. The van der Waals surface area contributed by atoms with Crippen LogP contribution in [0.3, 0.4) is 0 Å². The van der Waals surface area contributed by atoms with Crippen molar-refractivity contribution in [3.05, 3.63) is 144 Å². The van der Waals surface area contributed by atoms with Gasteiger partial charge in [-0.3, -0.25) is 0 Å². The monoisotopic (exact) mass is 987 g/mol. The van der Waals surface area contributed by atoms with Gasteiger partial charge in [0.2, 0.25) is 0 Å². The number of halogens is 2. The largest absolute Gasteiger partial charge is 1.00 e. The van der Waals surface area contributed by atoms with E-state index in [2.05, 4.69) is 169 Å². The molecule has 0 bridgehead atoms. The molecule has 0 fully saturated rings. The van der Waals surface area contributed by atoms with Crippen molar-refractivity contribution >= 4 is 45.5 Å². The Bertz CT molecular complexity index is 2030. The van der Waals surface area contributed by atoms with Crippen molar-refractivity contribution in [1.82, 2.24) is 0 Å². The van der Waals surface area contributed by atoms with E-state index in [1.165, 1.54) is 148 Å². The molecule has 4 heterocycles. The molecule has 0 amide bonds. The van der Waals surface area contributed by atoms with E-state index in [9.17, 15) is 0 Å². The van der Waals surface area contributed by atoms with E-state index in [0.717, 1.165) is 49.0 Å². The van der Waals surface area contributed by atoms with Crippen LogP contribution in [0.25, 0.3) is 22.8 Å². The molecule has 0 aliphatic carbocycles. The number of anilines is 4. The lowest BCUT2D eigenvalue weighted by Crippen LogP contribution is -3.00. The van der Waals surface area contributed by atoms with E-state index in [1.807, 2.05) is 0 Å². The highest BCUT2D eigenvalue weighted by molar-refractivity contribution is 5.82. The van der Waals surface area contributed by atoms with Gasteiger partial charge in [0.1, 0.15) is 0 Å². The van der Waals surface area contributed by atoms with Gasteiger partial charge in [-0.25, -0.2) is 0 Å². The minimum absolute atomic E-state index is 0. The second-order valence-electron chi connectivity index (χ2n) is 19.9. The van der Waals surface area contributed by atoms with Crippen LogP contribution in [0.1, 0.15) is 153 Å².